The number of terminal acetylenes is 1. The Morgan fingerprint density at radius 1 is 1.52 bits per heavy atom. The van der Waals surface area contributed by atoms with Crippen molar-refractivity contribution in [3.05, 3.63) is 35.0 Å². The first-order valence-corrected chi connectivity index (χ1v) is 7.71. The molecule has 0 unspecified atom stereocenters. The maximum Gasteiger partial charge on any atom is 0.215 e. The molecule has 120 valence electrons. The van der Waals surface area contributed by atoms with E-state index in [1.165, 1.54) is 6.07 Å². The van der Waals surface area contributed by atoms with Crippen LogP contribution < -0.4 is 21.5 Å². The molecule has 1 atom stereocenters. The highest BCUT2D eigenvalue weighted by molar-refractivity contribution is 5.86. The van der Waals surface area contributed by atoms with E-state index in [1.807, 2.05) is 6.92 Å². The van der Waals surface area contributed by atoms with Crippen molar-refractivity contribution in [3.8, 4) is 18.1 Å². The largest absolute Gasteiger partial charge is 0.507 e. The SMILES string of the molecule is [2H]N1NC(c2ccc(C#C)cc2O)=C(C)N=C1N[C@@H]1CCCNC1. The Labute approximate surface area is 137 Å². The number of guanidine groups is 1. The zero-order valence-corrected chi connectivity index (χ0v) is 13.1. The Hall–Kier alpha value is -2.65. The minimum atomic E-state index is 0.0591. The molecule has 0 bridgehead atoms. The Kier molecular flexibility index (Phi) is 4.03. The predicted octanol–water partition coefficient (Wildman–Crippen LogP) is 0.867. The summed E-state index contributed by atoms with van der Waals surface area (Å²) in [6.07, 6.45) is 7.49. The summed E-state index contributed by atoms with van der Waals surface area (Å²) in [5.74, 6) is 2.99. The van der Waals surface area contributed by atoms with E-state index < -0.39 is 0 Å². The fourth-order valence-corrected chi connectivity index (χ4v) is 2.74. The monoisotopic (exact) mass is 312 g/mol. The van der Waals surface area contributed by atoms with E-state index in [4.69, 9.17) is 7.84 Å². The van der Waals surface area contributed by atoms with Gasteiger partial charge >= 0.3 is 0 Å². The molecule has 0 radical (unpaired) electrons. The molecule has 0 aromatic heterocycles. The standard InChI is InChI=1S/C17H21N5O/c1-3-12-6-7-14(15(23)9-12)16-11(2)19-17(22-21-16)20-13-5-4-8-18-10-13/h1,6-7,9,13,18,21,23H,4-5,8,10H2,2H3,(H2,19,20,22)/t13-/m1/s1/i/hD. The van der Waals surface area contributed by atoms with Crippen LogP contribution in [-0.4, -0.2) is 30.2 Å². The minimum Gasteiger partial charge on any atom is -0.507 e. The normalized spacial score (nSPS) is 21.9. The number of phenols is 1. The molecule has 1 aromatic carbocycles. The quantitative estimate of drug-likeness (QED) is 0.524. The third-order valence-corrected chi connectivity index (χ3v) is 3.97. The summed E-state index contributed by atoms with van der Waals surface area (Å²) in [5, 5.41) is 16.8. The van der Waals surface area contributed by atoms with Gasteiger partial charge < -0.3 is 15.7 Å². The molecule has 0 spiro atoms. The molecule has 3 rings (SSSR count). The highest BCUT2D eigenvalue weighted by Crippen LogP contribution is 2.27. The maximum absolute atomic E-state index is 10.2. The molecule has 23 heavy (non-hydrogen) atoms. The van der Waals surface area contributed by atoms with Crippen molar-refractivity contribution in [1.82, 2.24) is 21.5 Å². The molecular formula is C17H21N5O. The van der Waals surface area contributed by atoms with Crippen molar-refractivity contribution in [2.24, 2.45) is 4.99 Å². The van der Waals surface area contributed by atoms with Gasteiger partial charge in [0.1, 0.15) is 5.75 Å². The van der Waals surface area contributed by atoms with Crippen LogP contribution in [0.15, 0.2) is 28.9 Å². The first-order valence-electron chi connectivity index (χ1n) is 8.15. The van der Waals surface area contributed by atoms with Crippen molar-refractivity contribution < 1.29 is 6.52 Å². The smallest absolute Gasteiger partial charge is 0.215 e. The Morgan fingerprint density at radius 3 is 3.09 bits per heavy atom. The molecule has 0 amide bonds. The van der Waals surface area contributed by atoms with Crippen LogP contribution in [0.4, 0.5) is 0 Å². The van der Waals surface area contributed by atoms with Crippen LogP contribution >= 0.6 is 0 Å². The lowest BCUT2D eigenvalue weighted by Crippen LogP contribution is -2.53. The van der Waals surface area contributed by atoms with E-state index in [1.54, 1.807) is 12.1 Å². The summed E-state index contributed by atoms with van der Waals surface area (Å²) in [6, 6.07) is 5.25. The van der Waals surface area contributed by atoms with E-state index >= 15 is 0 Å². The van der Waals surface area contributed by atoms with Crippen LogP contribution in [-0.2, 0) is 0 Å². The second kappa shape index (κ2) is 6.63. The molecule has 1 fully saturated rings. The number of piperidine rings is 1. The van der Waals surface area contributed by atoms with Gasteiger partial charge in [-0.25, -0.2) is 4.99 Å². The summed E-state index contributed by atoms with van der Waals surface area (Å²) in [4.78, 5) is 4.48. The van der Waals surface area contributed by atoms with Crippen molar-refractivity contribution in [3.63, 3.8) is 0 Å². The number of nitrogens with zero attached hydrogens (tertiary/aromatic N) is 1. The van der Waals surface area contributed by atoms with Gasteiger partial charge in [0.05, 0.1) is 11.4 Å². The summed E-state index contributed by atoms with van der Waals surface area (Å²) in [7, 11) is 0. The topological polar surface area (TPSA) is 80.7 Å². The van der Waals surface area contributed by atoms with E-state index in [9.17, 15) is 5.11 Å². The van der Waals surface area contributed by atoms with Crippen LogP contribution in [0, 0.1) is 12.3 Å². The number of aromatic hydroxyl groups is 1. The molecule has 0 aliphatic carbocycles. The van der Waals surface area contributed by atoms with Crippen LogP contribution in [0.1, 0.15) is 30.9 Å². The third kappa shape index (κ3) is 3.41. The number of hydrazine groups is 1. The summed E-state index contributed by atoms with van der Waals surface area (Å²) in [6.45, 7) is 3.73. The Balaban J connectivity index is 1.85. The first kappa shape index (κ1) is 14.0. The average molecular weight is 312 g/mol. The Morgan fingerprint density at radius 2 is 2.39 bits per heavy atom. The molecule has 1 saturated heterocycles. The summed E-state index contributed by atoms with van der Waals surface area (Å²) >= 11 is 0. The number of aliphatic imine (C=N–C) groups is 1. The highest BCUT2D eigenvalue weighted by atomic mass is 16.3. The number of allylic oxidation sites excluding steroid dienone is 1. The van der Waals surface area contributed by atoms with E-state index in [0.29, 0.717) is 28.5 Å². The molecule has 6 nitrogen and oxygen atoms in total. The third-order valence-electron chi connectivity index (χ3n) is 3.97. The Bertz CT molecular complexity index is 731. The first-order chi connectivity index (χ1) is 11.6. The number of benzene rings is 1. The second-order valence-electron chi connectivity index (χ2n) is 5.68. The van der Waals surface area contributed by atoms with Gasteiger partial charge in [-0.15, -0.1) is 6.42 Å². The van der Waals surface area contributed by atoms with E-state index in [-0.39, 0.29) is 11.8 Å². The lowest BCUT2D eigenvalue weighted by atomic mass is 10.1. The fourth-order valence-electron chi connectivity index (χ4n) is 2.74. The molecule has 6 heteroatoms. The predicted molar refractivity (Wildman–Crippen MR) is 91.4 cm³/mol. The zero-order chi connectivity index (χ0) is 17.1. The van der Waals surface area contributed by atoms with Gasteiger partial charge in [-0.2, -0.15) is 0 Å². The van der Waals surface area contributed by atoms with Crippen LogP contribution in [0.5, 0.6) is 5.75 Å². The molecular weight excluding hydrogens is 290 g/mol. The molecule has 2 aliphatic heterocycles. The lowest BCUT2D eigenvalue weighted by molar-refractivity contribution is 0.426. The molecule has 2 aliphatic rings. The van der Waals surface area contributed by atoms with E-state index in [0.717, 1.165) is 31.3 Å². The summed E-state index contributed by atoms with van der Waals surface area (Å²) in [5.41, 5.74) is 6.48. The number of hydrogen-bond donors (Lipinski definition) is 5. The fraction of sp³-hybridized carbons (Fsp3) is 0.353. The van der Waals surface area contributed by atoms with Crippen LogP contribution in [0.2, 0.25) is 1.41 Å². The van der Waals surface area contributed by atoms with Gasteiger partial charge in [0, 0.05) is 23.7 Å². The second-order valence-corrected chi connectivity index (χ2v) is 5.68. The highest BCUT2D eigenvalue weighted by Gasteiger charge is 2.19. The minimum absolute atomic E-state index is 0.0591. The average Bonchev–Trinajstić information content (AvgIpc) is 2.59. The van der Waals surface area contributed by atoms with Gasteiger partial charge in [0.15, 0.2) is 1.41 Å². The zero-order valence-electron chi connectivity index (χ0n) is 14.1. The van der Waals surface area contributed by atoms with Gasteiger partial charge in [0.25, 0.3) is 0 Å². The van der Waals surface area contributed by atoms with Gasteiger partial charge in [0.2, 0.25) is 5.96 Å². The number of hydrogen-bond acceptors (Lipinski definition) is 6. The van der Waals surface area contributed by atoms with Crippen LogP contribution in [0.3, 0.4) is 0 Å². The number of rotatable bonds is 2. The van der Waals surface area contributed by atoms with Crippen molar-refractivity contribution in [2.45, 2.75) is 25.8 Å². The number of phenolic OH excluding ortho intramolecular Hbond substituents is 1. The van der Waals surface area contributed by atoms with Gasteiger partial charge in [-0.3, -0.25) is 10.8 Å². The van der Waals surface area contributed by atoms with Crippen molar-refractivity contribution >= 4 is 11.7 Å². The van der Waals surface area contributed by atoms with Crippen LogP contribution in [0.25, 0.3) is 5.70 Å². The molecule has 1 aromatic rings. The van der Waals surface area contributed by atoms with Crippen molar-refractivity contribution in [1.29, 1.82) is 0 Å². The van der Waals surface area contributed by atoms with Crippen molar-refractivity contribution in [2.75, 3.05) is 13.1 Å². The van der Waals surface area contributed by atoms with Gasteiger partial charge in [-0.05, 0) is 44.5 Å². The lowest BCUT2D eigenvalue weighted by Gasteiger charge is -2.28. The molecule has 2 heterocycles. The number of nitrogens with one attached hydrogen (secondary N) is 4. The van der Waals surface area contributed by atoms with E-state index in [2.05, 4.69) is 27.0 Å². The van der Waals surface area contributed by atoms with Gasteiger partial charge in [-0.1, -0.05) is 5.92 Å². The summed E-state index contributed by atoms with van der Waals surface area (Å²) < 4.78 is 8.13. The molecule has 5 N–H and O–H groups in total. The maximum atomic E-state index is 10.2. The molecule has 0 saturated carbocycles.